The molecule has 0 aliphatic rings. The Balaban J connectivity index is 1.71. The molecule has 0 aromatic carbocycles. The van der Waals surface area contributed by atoms with Crippen molar-refractivity contribution in [1.82, 2.24) is 20.4 Å². The van der Waals surface area contributed by atoms with Crippen molar-refractivity contribution in [3.05, 3.63) is 35.6 Å². The van der Waals surface area contributed by atoms with E-state index in [2.05, 4.69) is 20.4 Å². The second-order valence-electron chi connectivity index (χ2n) is 3.87. The topological polar surface area (TPSA) is 73.1 Å². The molecule has 0 saturated heterocycles. The summed E-state index contributed by atoms with van der Waals surface area (Å²) < 4.78 is 10.0. The highest BCUT2D eigenvalue weighted by Crippen LogP contribution is 2.06. The van der Waals surface area contributed by atoms with E-state index in [1.165, 1.54) is 0 Å². The Morgan fingerprint density at radius 3 is 2.89 bits per heavy atom. The molecule has 1 N–H and O–H groups in total. The standard InChI is InChI=1S/C12H16N4O2/c1-9-15-12(18-16-9)5-6-13-7-10-3-4-11(17-2)14-8-10/h3-4,8,13H,5-7H2,1-2H3. The van der Waals surface area contributed by atoms with E-state index in [9.17, 15) is 0 Å². The van der Waals surface area contributed by atoms with E-state index in [0.717, 1.165) is 25.1 Å². The Morgan fingerprint density at radius 2 is 2.28 bits per heavy atom. The Labute approximate surface area is 105 Å². The molecular weight excluding hydrogens is 232 g/mol. The summed E-state index contributed by atoms with van der Waals surface area (Å²) in [7, 11) is 1.60. The van der Waals surface area contributed by atoms with Gasteiger partial charge in [0.05, 0.1) is 7.11 Å². The summed E-state index contributed by atoms with van der Waals surface area (Å²) in [4.78, 5) is 8.27. The van der Waals surface area contributed by atoms with E-state index < -0.39 is 0 Å². The van der Waals surface area contributed by atoms with Gasteiger partial charge >= 0.3 is 0 Å². The highest BCUT2D eigenvalue weighted by Gasteiger charge is 2.01. The van der Waals surface area contributed by atoms with Crippen LogP contribution in [0.25, 0.3) is 0 Å². The fraction of sp³-hybridized carbons (Fsp3) is 0.417. The monoisotopic (exact) mass is 248 g/mol. The van der Waals surface area contributed by atoms with Crippen molar-refractivity contribution in [1.29, 1.82) is 0 Å². The smallest absolute Gasteiger partial charge is 0.227 e. The third kappa shape index (κ3) is 3.53. The predicted molar refractivity (Wildman–Crippen MR) is 65.2 cm³/mol. The second kappa shape index (κ2) is 6.11. The third-order valence-corrected chi connectivity index (χ3v) is 2.42. The van der Waals surface area contributed by atoms with Crippen LogP contribution in [0.4, 0.5) is 0 Å². The Morgan fingerprint density at radius 1 is 1.39 bits per heavy atom. The minimum absolute atomic E-state index is 0.625. The van der Waals surface area contributed by atoms with E-state index >= 15 is 0 Å². The maximum absolute atomic E-state index is 5.02. The summed E-state index contributed by atoms with van der Waals surface area (Å²) in [6, 6.07) is 3.83. The van der Waals surface area contributed by atoms with Crippen LogP contribution in [0.1, 0.15) is 17.3 Å². The van der Waals surface area contributed by atoms with Gasteiger partial charge in [0, 0.05) is 31.8 Å². The van der Waals surface area contributed by atoms with Gasteiger partial charge in [0.25, 0.3) is 0 Å². The fourth-order valence-electron chi connectivity index (χ4n) is 1.51. The van der Waals surface area contributed by atoms with Gasteiger partial charge in [-0.1, -0.05) is 11.2 Å². The highest BCUT2D eigenvalue weighted by molar-refractivity contribution is 5.17. The van der Waals surface area contributed by atoms with Crippen LogP contribution in [0.2, 0.25) is 0 Å². The van der Waals surface area contributed by atoms with Gasteiger partial charge in [-0.2, -0.15) is 4.98 Å². The van der Waals surface area contributed by atoms with Gasteiger partial charge in [-0.3, -0.25) is 0 Å². The van der Waals surface area contributed by atoms with E-state index in [1.54, 1.807) is 13.3 Å². The first kappa shape index (κ1) is 12.5. The first-order valence-electron chi connectivity index (χ1n) is 5.77. The molecule has 2 rings (SSSR count). The van der Waals surface area contributed by atoms with Crippen molar-refractivity contribution in [2.45, 2.75) is 19.9 Å². The molecule has 18 heavy (non-hydrogen) atoms. The normalized spacial score (nSPS) is 10.6. The van der Waals surface area contributed by atoms with Crippen LogP contribution >= 0.6 is 0 Å². The molecule has 6 heteroatoms. The Hall–Kier alpha value is -1.95. The quantitative estimate of drug-likeness (QED) is 0.772. The lowest BCUT2D eigenvalue weighted by Crippen LogP contribution is -2.16. The summed E-state index contributed by atoms with van der Waals surface area (Å²) in [6.07, 6.45) is 2.52. The molecule has 0 atom stereocenters. The van der Waals surface area contributed by atoms with Gasteiger partial charge in [-0.15, -0.1) is 0 Å². The summed E-state index contributed by atoms with van der Waals surface area (Å²) in [5.74, 6) is 1.96. The zero-order chi connectivity index (χ0) is 12.8. The summed E-state index contributed by atoms with van der Waals surface area (Å²) in [5.41, 5.74) is 1.11. The molecule has 0 aliphatic carbocycles. The van der Waals surface area contributed by atoms with Crippen molar-refractivity contribution < 1.29 is 9.26 Å². The van der Waals surface area contributed by atoms with E-state index in [-0.39, 0.29) is 0 Å². The SMILES string of the molecule is COc1ccc(CNCCc2nc(C)no2)cn1. The number of hydrogen-bond donors (Lipinski definition) is 1. The van der Waals surface area contributed by atoms with Crippen LogP contribution in [-0.4, -0.2) is 28.8 Å². The number of methoxy groups -OCH3 is 1. The maximum atomic E-state index is 5.02. The fourth-order valence-corrected chi connectivity index (χ4v) is 1.51. The summed E-state index contributed by atoms with van der Waals surface area (Å²) in [6.45, 7) is 3.35. The number of aromatic nitrogens is 3. The molecule has 0 aliphatic heterocycles. The molecule has 0 amide bonds. The predicted octanol–water partition coefficient (Wildman–Crippen LogP) is 1.11. The average Bonchev–Trinajstić information content (AvgIpc) is 2.81. The number of hydrogen-bond acceptors (Lipinski definition) is 6. The van der Waals surface area contributed by atoms with Gasteiger partial charge < -0.3 is 14.6 Å². The van der Waals surface area contributed by atoms with E-state index in [0.29, 0.717) is 17.6 Å². The zero-order valence-electron chi connectivity index (χ0n) is 10.5. The lowest BCUT2D eigenvalue weighted by atomic mass is 10.3. The number of nitrogens with zero attached hydrogens (tertiary/aromatic N) is 3. The summed E-state index contributed by atoms with van der Waals surface area (Å²) in [5, 5.41) is 7.02. The molecule has 0 bridgehead atoms. The molecular formula is C12H16N4O2. The largest absolute Gasteiger partial charge is 0.481 e. The number of nitrogens with one attached hydrogen (secondary N) is 1. The molecule has 2 heterocycles. The molecule has 96 valence electrons. The van der Waals surface area contributed by atoms with Gasteiger partial charge in [-0.25, -0.2) is 4.98 Å². The molecule has 6 nitrogen and oxygen atoms in total. The van der Waals surface area contributed by atoms with E-state index in [4.69, 9.17) is 9.26 Å². The lowest BCUT2D eigenvalue weighted by Gasteiger charge is -2.03. The van der Waals surface area contributed by atoms with Crippen molar-refractivity contribution >= 4 is 0 Å². The van der Waals surface area contributed by atoms with Gasteiger partial charge in [0.15, 0.2) is 5.82 Å². The second-order valence-corrected chi connectivity index (χ2v) is 3.87. The molecule has 0 saturated carbocycles. The first-order chi connectivity index (χ1) is 8.78. The van der Waals surface area contributed by atoms with Gasteiger partial charge in [0.1, 0.15) is 0 Å². The van der Waals surface area contributed by atoms with Crippen molar-refractivity contribution in [2.24, 2.45) is 0 Å². The molecule has 2 aromatic heterocycles. The maximum Gasteiger partial charge on any atom is 0.227 e. The van der Waals surface area contributed by atoms with E-state index in [1.807, 2.05) is 19.1 Å². The Bertz CT molecular complexity index is 481. The summed E-state index contributed by atoms with van der Waals surface area (Å²) >= 11 is 0. The number of aryl methyl sites for hydroxylation is 1. The minimum Gasteiger partial charge on any atom is -0.481 e. The number of rotatable bonds is 6. The number of pyridine rings is 1. The zero-order valence-corrected chi connectivity index (χ0v) is 10.5. The molecule has 0 unspecified atom stereocenters. The van der Waals surface area contributed by atoms with Crippen molar-refractivity contribution in [3.8, 4) is 5.88 Å². The van der Waals surface area contributed by atoms with Crippen LogP contribution in [0.3, 0.4) is 0 Å². The molecule has 0 fully saturated rings. The molecule has 0 spiro atoms. The van der Waals surface area contributed by atoms with Gasteiger partial charge in [0.2, 0.25) is 11.8 Å². The third-order valence-electron chi connectivity index (χ3n) is 2.42. The van der Waals surface area contributed by atoms with Crippen LogP contribution in [-0.2, 0) is 13.0 Å². The van der Waals surface area contributed by atoms with Crippen LogP contribution in [0.15, 0.2) is 22.9 Å². The van der Waals surface area contributed by atoms with Crippen molar-refractivity contribution in [3.63, 3.8) is 0 Å². The molecule has 2 aromatic rings. The number of ether oxygens (including phenoxy) is 1. The minimum atomic E-state index is 0.625. The lowest BCUT2D eigenvalue weighted by molar-refractivity contribution is 0.372. The highest BCUT2D eigenvalue weighted by atomic mass is 16.5. The molecule has 0 radical (unpaired) electrons. The van der Waals surface area contributed by atoms with Crippen LogP contribution < -0.4 is 10.1 Å². The first-order valence-corrected chi connectivity index (χ1v) is 5.77. The van der Waals surface area contributed by atoms with Crippen LogP contribution in [0.5, 0.6) is 5.88 Å². The Kier molecular flexibility index (Phi) is 4.25. The van der Waals surface area contributed by atoms with Gasteiger partial charge in [-0.05, 0) is 12.5 Å². The van der Waals surface area contributed by atoms with Crippen LogP contribution in [0, 0.1) is 6.92 Å². The van der Waals surface area contributed by atoms with Crippen molar-refractivity contribution in [2.75, 3.05) is 13.7 Å². The average molecular weight is 248 g/mol.